The third-order valence-corrected chi connectivity index (χ3v) is 3.51. The van der Waals surface area contributed by atoms with Crippen LogP contribution in [-0.2, 0) is 5.33 Å². The monoisotopic (exact) mass is 361 g/mol. The molecule has 0 saturated carbocycles. The zero-order valence-electron chi connectivity index (χ0n) is 7.01. The largest absolute Gasteiger partial charge is 0.341 e. The summed E-state index contributed by atoms with van der Waals surface area (Å²) in [5.41, 5.74) is 2.52. The maximum atomic E-state index is 8.84. The summed E-state index contributed by atoms with van der Waals surface area (Å²) in [4.78, 5) is 7.54. The number of hydrogen-bond donors (Lipinski definition) is 1. The number of nitrogens with zero attached hydrogens (tertiary/aromatic N) is 2. The van der Waals surface area contributed by atoms with E-state index in [1.165, 1.54) is 0 Å². The number of nitriles is 1. The van der Waals surface area contributed by atoms with Crippen molar-refractivity contribution in [2.45, 2.75) is 5.33 Å². The number of rotatable bonds is 1. The Kier molecular flexibility index (Phi) is 2.74. The van der Waals surface area contributed by atoms with Crippen molar-refractivity contribution in [1.29, 1.82) is 5.26 Å². The molecule has 0 aliphatic rings. The molecule has 0 amide bonds. The molecule has 0 fully saturated rings. The summed E-state index contributed by atoms with van der Waals surface area (Å²) in [6.07, 6.45) is 0. The molecule has 2 aromatic rings. The molecule has 14 heavy (non-hydrogen) atoms. The number of aromatic nitrogens is 2. The van der Waals surface area contributed by atoms with Gasteiger partial charge in [0.15, 0.2) is 0 Å². The number of imidazole rings is 1. The van der Waals surface area contributed by atoms with Crippen LogP contribution < -0.4 is 0 Å². The molecule has 0 aliphatic carbocycles. The number of fused-ring (bicyclic) bond motifs is 1. The molecular formula is C9H5BrIN3. The van der Waals surface area contributed by atoms with Gasteiger partial charge in [-0.2, -0.15) is 5.26 Å². The van der Waals surface area contributed by atoms with Crippen LogP contribution in [0, 0.1) is 14.9 Å². The van der Waals surface area contributed by atoms with E-state index < -0.39 is 0 Å². The number of hydrogen-bond acceptors (Lipinski definition) is 2. The van der Waals surface area contributed by atoms with Gasteiger partial charge < -0.3 is 4.98 Å². The molecule has 2 rings (SSSR count). The van der Waals surface area contributed by atoms with Gasteiger partial charge in [0.1, 0.15) is 17.4 Å². The lowest BCUT2D eigenvalue weighted by molar-refractivity contribution is 1.15. The third-order valence-electron chi connectivity index (χ3n) is 1.89. The number of halogens is 2. The van der Waals surface area contributed by atoms with Crippen molar-refractivity contribution in [2.75, 3.05) is 0 Å². The van der Waals surface area contributed by atoms with E-state index in [0.29, 0.717) is 10.9 Å². The SMILES string of the molecule is N#Cc1ccc2[nH]c(CBr)nc2c1I. The highest BCUT2D eigenvalue weighted by Gasteiger charge is 2.08. The predicted octanol–water partition coefficient (Wildman–Crippen LogP) is 2.93. The average molecular weight is 362 g/mol. The first kappa shape index (κ1) is 9.93. The van der Waals surface area contributed by atoms with Crippen molar-refractivity contribution in [3.05, 3.63) is 27.1 Å². The van der Waals surface area contributed by atoms with Crippen LogP contribution in [0.5, 0.6) is 0 Å². The van der Waals surface area contributed by atoms with E-state index in [0.717, 1.165) is 20.4 Å². The Morgan fingerprint density at radius 1 is 1.57 bits per heavy atom. The summed E-state index contributed by atoms with van der Waals surface area (Å²) in [5.74, 6) is 0.882. The molecule has 0 spiro atoms. The minimum absolute atomic E-state index is 0.672. The lowest BCUT2D eigenvalue weighted by atomic mass is 10.2. The van der Waals surface area contributed by atoms with Gasteiger partial charge in [-0.15, -0.1) is 0 Å². The van der Waals surface area contributed by atoms with E-state index in [4.69, 9.17) is 5.26 Å². The van der Waals surface area contributed by atoms with E-state index in [2.05, 4.69) is 54.6 Å². The number of H-pyrrole nitrogens is 1. The number of aromatic amines is 1. The van der Waals surface area contributed by atoms with Crippen LogP contribution in [0.15, 0.2) is 12.1 Å². The molecule has 1 aromatic carbocycles. The van der Waals surface area contributed by atoms with Crippen molar-refractivity contribution in [2.24, 2.45) is 0 Å². The molecule has 0 aliphatic heterocycles. The topological polar surface area (TPSA) is 52.5 Å². The van der Waals surface area contributed by atoms with Gasteiger partial charge >= 0.3 is 0 Å². The Hall–Kier alpha value is -0.610. The van der Waals surface area contributed by atoms with E-state index in [1.807, 2.05) is 6.07 Å². The van der Waals surface area contributed by atoms with Gasteiger partial charge in [-0.25, -0.2) is 4.98 Å². The van der Waals surface area contributed by atoms with Crippen molar-refractivity contribution in [1.82, 2.24) is 9.97 Å². The Balaban J connectivity index is 2.76. The molecule has 5 heteroatoms. The predicted molar refractivity (Wildman–Crippen MR) is 66.2 cm³/mol. The fraction of sp³-hybridized carbons (Fsp3) is 0.111. The minimum atomic E-state index is 0.672. The van der Waals surface area contributed by atoms with Gasteiger partial charge in [0, 0.05) is 0 Å². The highest BCUT2D eigenvalue weighted by Crippen LogP contribution is 2.22. The smallest absolute Gasteiger partial charge is 0.117 e. The zero-order chi connectivity index (χ0) is 10.1. The second-order valence-electron chi connectivity index (χ2n) is 2.75. The van der Waals surface area contributed by atoms with Gasteiger partial charge in [0.05, 0.1) is 20.0 Å². The number of benzene rings is 1. The summed E-state index contributed by atoms with van der Waals surface area (Å²) in [7, 11) is 0. The van der Waals surface area contributed by atoms with Crippen molar-refractivity contribution in [3.63, 3.8) is 0 Å². The van der Waals surface area contributed by atoms with Crippen LogP contribution in [-0.4, -0.2) is 9.97 Å². The second kappa shape index (κ2) is 3.87. The Morgan fingerprint density at radius 3 is 3.00 bits per heavy atom. The summed E-state index contributed by atoms with van der Waals surface area (Å²) in [6.45, 7) is 0. The Bertz CT molecular complexity index is 527. The second-order valence-corrected chi connectivity index (χ2v) is 4.39. The van der Waals surface area contributed by atoms with Crippen LogP contribution >= 0.6 is 38.5 Å². The highest BCUT2D eigenvalue weighted by atomic mass is 127. The fourth-order valence-corrected chi connectivity index (χ4v) is 2.22. The molecule has 1 heterocycles. The zero-order valence-corrected chi connectivity index (χ0v) is 10.8. The normalized spacial score (nSPS) is 10.4. The van der Waals surface area contributed by atoms with Crippen LogP contribution in [0.25, 0.3) is 11.0 Å². The molecule has 0 unspecified atom stereocenters. The summed E-state index contributed by atoms with van der Waals surface area (Å²) in [5, 5.41) is 9.53. The summed E-state index contributed by atoms with van der Waals surface area (Å²) in [6, 6.07) is 5.83. The first-order chi connectivity index (χ1) is 6.76. The number of alkyl halides is 1. The summed E-state index contributed by atoms with van der Waals surface area (Å²) < 4.78 is 0.908. The van der Waals surface area contributed by atoms with Gasteiger partial charge in [-0.3, -0.25) is 0 Å². The molecule has 1 N–H and O–H groups in total. The maximum absolute atomic E-state index is 8.84. The molecule has 0 saturated heterocycles. The lowest BCUT2D eigenvalue weighted by Crippen LogP contribution is -1.83. The van der Waals surface area contributed by atoms with Crippen LogP contribution in [0.1, 0.15) is 11.4 Å². The van der Waals surface area contributed by atoms with E-state index in [9.17, 15) is 0 Å². The average Bonchev–Trinajstić information content (AvgIpc) is 2.62. The van der Waals surface area contributed by atoms with Crippen LogP contribution in [0.4, 0.5) is 0 Å². The van der Waals surface area contributed by atoms with Crippen molar-refractivity contribution >= 4 is 49.6 Å². The Morgan fingerprint density at radius 2 is 2.36 bits per heavy atom. The van der Waals surface area contributed by atoms with Gasteiger partial charge in [-0.1, -0.05) is 15.9 Å². The Labute approximate surface area is 103 Å². The van der Waals surface area contributed by atoms with Crippen molar-refractivity contribution < 1.29 is 0 Å². The van der Waals surface area contributed by atoms with E-state index in [1.54, 1.807) is 6.07 Å². The van der Waals surface area contributed by atoms with Crippen LogP contribution in [0.3, 0.4) is 0 Å². The maximum Gasteiger partial charge on any atom is 0.117 e. The standard InChI is InChI=1S/C9H5BrIN3/c10-3-7-13-6-2-1-5(4-12)8(11)9(6)14-7/h1-2H,3H2,(H,13,14). The molecule has 0 bridgehead atoms. The van der Waals surface area contributed by atoms with E-state index in [-0.39, 0.29) is 0 Å². The van der Waals surface area contributed by atoms with Gasteiger partial charge in [0.25, 0.3) is 0 Å². The lowest BCUT2D eigenvalue weighted by Gasteiger charge is -1.94. The first-order valence-corrected chi connectivity index (χ1v) is 6.09. The highest BCUT2D eigenvalue weighted by molar-refractivity contribution is 14.1. The fourth-order valence-electron chi connectivity index (χ4n) is 1.24. The van der Waals surface area contributed by atoms with Crippen LogP contribution in [0.2, 0.25) is 0 Å². The van der Waals surface area contributed by atoms with Crippen molar-refractivity contribution in [3.8, 4) is 6.07 Å². The quantitative estimate of drug-likeness (QED) is 0.627. The van der Waals surface area contributed by atoms with Gasteiger partial charge in [-0.05, 0) is 34.7 Å². The molecule has 70 valence electrons. The molecule has 0 radical (unpaired) electrons. The minimum Gasteiger partial charge on any atom is -0.341 e. The summed E-state index contributed by atoms with van der Waals surface area (Å²) >= 11 is 5.48. The number of nitrogens with one attached hydrogen (secondary N) is 1. The molecular weight excluding hydrogens is 357 g/mol. The molecule has 1 aromatic heterocycles. The van der Waals surface area contributed by atoms with Gasteiger partial charge in [0.2, 0.25) is 0 Å². The molecule has 0 atom stereocenters. The first-order valence-electron chi connectivity index (χ1n) is 3.89. The third kappa shape index (κ3) is 1.53. The molecule has 3 nitrogen and oxygen atoms in total. The van der Waals surface area contributed by atoms with E-state index >= 15 is 0 Å².